The number of aromatic nitrogens is 1. The molecule has 0 aliphatic heterocycles. The Morgan fingerprint density at radius 1 is 1.57 bits per heavy atom. The first-order valence-electron chi connectivity index (χ1n) is 4.75. The average molecular weight is 197 g/mol. The van der Waals surface area contributed by atoms with Crippen molar-refractivity contribution in [2.45, 2.75) is 25.9 Å². The molecule has 0 saturated carbocycles. The molecule has 0 bridgehead atoms. The van der Waals surface area contributed by atoms with Gasteiger partial charge in [0.15, 0.2) is 0 Å². The van der Waals surface area contributed by atoms with Gasteiger partial charge in [-0.3, -0.25) is 4.98 Å². The molecule has 1 aromatic rings. The van der Waals surface area contributed by atoms with Gasteiger partial charge in [-0.2, -0.15) is 0 Å². The van der Waals surface area contributed by atoms with Crippen LogP contribution in [0.5, 0.6) is 0 Å². The molecule has 1 rings (SSSR count). The molecule has 0 fully saturated rings. The predicted molar refractivity (Wildman–Crippen MR) is 54.2 cm³/mol. The molecular formula is C10H16FN3. The second-order valence-corrected chi connectivity index (χ2v) is 3.37. The summed E-state index contributed by atoms with van der Waals surface area (Å²) in [4.78, 5) is 3.77. The van der Waals surface area contributed by atoms with Crippen molar-refractivity contribution in [3.05, 3.63) is 29.8 Å². The van der Waals surface area contributed by atoms with Crippen LogP contribution < -0.4 is 11.1 Å². The van der Waals surface area contributed by atoms with E-state index in [9.17, 15) is 4.39 Å². The van der Waals surface area contributed by atoms with Crippen LogP contribution in [0.15, 0.2) is 18.5 Å². The third-order valence-electron chi connectivity index (χ3n) is 2.02. The highest BCUT2D eigenvalue weighted by atomic mass is 19.1. The Hall–Kier alpha value is -1.00. The molecule has 1 heterocycles. The number of hydrogen-bond donors (Lipinski definition) is 2. The van der Waals surface area contributed by atoms with Gasteiger partial charge in [0.1, 0.15) is 5.82 Å². The molecule has 0 aliphatic carbocycles. The molecule has 3 nitrogen and oxygen atoms in total. The van der Waals surface area contributed by atoms with E-state index in [0.29, 0.717) is 19.1 Å². The summed E-state index contributed by atoms with van der Waals surface area (Å²) in [5.74, 6) is -0.296. The highest BCUT2D eigenvalue weighted by molar-refractivity contribution is 5.09. The Bertz CT molecular complexity index is 278. The van der Waals surface area contributed by atoms with Crippen LogP contribution in [0, 0.1) is 5.82 Å². The van der Waals surface area contributed by atoms with E-state index in [1.54, 1.807) is 6.20 Å². The first kappa shape index (κ1) is 11.1. The molecule has 14 heavy (non-hydrogen) atoms. The van der Waals surface area contributed by atoms with Gasteiger partial charge in [0, 0.05) is 18.8 Å². The minimum atomic E-state index is -0.296. The fourth-order valence-corrected chi connectivity index (χ4v) is 1.20. The maximum atomic E-state index is 12.7. The van der Waals surface area contributed by atoms with E-state index in [4.69, 9.17) is 5.73 Å². The summed E-state index contributed by atoms with van der Waals surface area (Å²) in [5.41, 5.74) is 6.27. The summed E-state index contributed by atoms with van der Waals surface area (Å²) < 4.78 is 12.7. The Labute approximate surface area is 83.5 Å². The van der Waals surface area contributed by atoms with Crippen LogP contribution in [-0.2, 0) is 6.54 Å². The van der Waals surface area contributed by atoms with Crippen molar-refractivity contribution in [1.29, 1.82) is 0 Å². The third kappa shape index (κ3) is 3.81. The Kier molecular flexibility index (Phi) is 4.49. The minimum absolute atomic E-state index is 0.296. The van der Waals surface area contributed by atoms with Crippen molar-refractivity contribution in [2.75, 3.05) is 6.54 Å². The van der Waals surface area contributed by atoms with Crippen LogP contribution in [-0.4, -0.2) is 17.6 Å². The largest absolute Gasteiger partial charge is 0.330 e. The number of rotatable bonds is 5. The average Bonchev–Trinajstić information content (AvgIpc) is 2.15. The lowest BCUT2D eigenvalue weighted by molar-refractivity contribution is 0.517. The van der Waals surface area contributed by atoms with Gasteiger partial charge in [-0.25, -0.2) is 4.39 Å². The smallest absolute Gasteiger partial charge is 0.141 e. The summed E-state index contributed by atoms with van der Waals surface area (Å²) >= 11 is 0. The van der Waals surface area contributed by atoms with Gasteiger partial charge in [0.05, 0.1) is 6.20 Å². The number of nitrogens with two attached hydrogens (primary N) is 1. The first-order valence-corrected chi connectivity index (χ1v) is 4.75. The minimum Gasteiger partial charge on any atom is -0.330 e. The molecule has 3 N–H and O–H groups in total. The van der Waals surface area contributed by atoms with E-state index in [1.807, 2.05) is 0 Å². The van der Waals surface area contributed by atoms with E-state index in [-0.39, 0.29) is 5.82 Å². The lowest BCUT2D eigenvalue weighted by Gasteiger charge is -2.11. The van der Waals surface area contributed by atoms with Crippen LogP contribution in [0.1, 0.15) is 18.9 Å². The van der Waals surface area contributed by atoms with E-state index in [0.717, 1.165) is 12.0 Å². The Morgan fingerprint density at radius 3 is 3.00 bits per heavy atom. The van der Waals surface area contributed by atoms with E-state index < -0.39 is 0 Å². The fraction of sp³-hybridized carbons (Fsp3) is 0.500. The molecule has 0 aliphatic rings. The Morgan fingerprint density at radius 2 is 2.36 bits per heavy atom. The van der Waals surface area contributed by atoms with Crippen molar-refractivity contribution in [2.24, 2.45) is 5.73 Å². The summed E-state index contributed by atoms with van der Waals surface area (Å²) in [7, 11) is 0. The molecule has 1 aromatic heterocycles. The highest BCUT2D eigenvalue weighted by Crippen LogP contribution is 2.01. The standard InChI is InChI=1S/C10H16FN3/c1-8(2-3-12)14-6-9-4-10(11)7-13-5-9/h4-5,7-8,14H,2-3,6,12H2,1H3. The molecule has 1 unspecified atom stereocenters. The summed E-state index contributed by atoms with van der Waals surface area (Å²) in [6.45, 7) is 3.35. The maximum Gasteiger partial charge on any atom is 0.141 e. The van der Waals surface area contributed by atoms with Crippen molar-refractivity contribution in [1.82, 2.24) is 10.3 Å². The topological polar surface area (TPSA) is 50.9 Å². The van der Waals surface area contributed by atoms with Gasteiger partial charge in [-0.15, -0.1) is 0 Å². The fourth-order valence-electron chi connectivity index (χ4n) is 1.20. The third-order valence-corrected chi connectivity index (χ3v) is 2.02. The predicted octanol–water partition coefficient (Wildman–Crippen LogP) is 1.05. The summed E-state index contributed by atoms with van der Waals surface area (Å²) in [6.07, 6.45) is 3.78. The molecular weight excluding hydrogens is 181 g/mol. The zero-order valence-electron chi connectivity index (χ0n) is 8.33. The van der Waals surface area contributed by atoms with Gasteiger partial charge in [0.2, 0.25) is 0 Å². The molecule has 0 radical (unpaired) electrons. The Balaban J connectivity index is 2.37. The summed E-state index contributed by atoms with van der Waals surface area (Å²) in [5, 5.41) is 3.24. The number of halogens is 1. The number of nitrogens with one attached hydrogen (secondary N) is 1. The van der Waals surface area contributed by atoms with Crippen molar-refractivity contribution in [3.8, 4) is 0 Å². The molecule has 0 aromatic carbocycles. The molecule has 0 amide bonds. The molecule has 0 spiro atoms. The second-order valence-electron chi connectivity index (χ2n) is 3.37. The van der Waals surface area contributed by atoms with Gasteiger partial charge >= 0.3 is 0 Å². The number of hydrogen-bond acceptors (Lipinski definition) is 3. The van der Waals surface area contributed by atoms with E-state index in [2.05, 4.69) is 17.2 Å². The van der Waals surface area contributed by atoms with Crippen LogP contribution in [0.2, 0.25) is 0 Å². The molecule has 1 atom stereocenters. The zero-order chi connectivity index (χ0) is 10.4. The van der Waals surface area contributed by atoms with Gasteiger partial charge < -0.3 is 11.1 Å². The SMILES string of the molecule is CC(CCN)NCc1cncc(F)c1. The quantitative estimate of drug-likeness (QED) is 0.741. The van der Waals surface area contributed by atoms with Crippen LogP contribution in [0.3, 0.4) is 0 Å². The van der Waals surface area contributed by atoms with Crippen molar-refractivity contribution >= 4 is 0 Å². The number of pyridine rings is 1. The molecule has 4 heteroatoms. The molecule has 78 valence electrons. The van der Waals surface area contributed by atoms with Crippen molar-refractivity contribution < 1.29 is 4.39 Å². The zero-order valence-corrected chi connectivity index (χ0v) is 8.33. The molecule has 0 saturated heterocycles. The highest BCUT2D eigenvalue weighted by Gasteiger charge is 2.00. The maximum absolute atomic E-state index is 12.7. The van der Waals surface area contributed by atoms with Crippen LogP contribution >= 0.6 is 0 Å². The number of nitrogens with zero attached hydrogens (tertiary/aromatic N) is 1. The monoisotopic (exact) mass is 197 g/mol. The van der Waals surface area contributed by atoms with Crippen LogP contribution in [0.4, 0.5) is 4.39 Å². The van der Waals surface area contributed by atoms with Gasteiger partial charge in [-0.05, 0) is 31.5 Å². The van der Waals surface area contributed by atoms with Crippen LogP contribution in [0.25, 0.3) is 0 Å². The second kappa shape index (κ2) is 5.67. The lowest BCUT2D eigenvalue weighted by Crippen LogP contribution is -2.27. The first-order chi connectivity index (χ1) is 6.72. The van der Waals surface area contributed by atoms with Crippen molar-refractivity contribution in [3.63, 3.8) is 0 Å². The normalized spacial score (nSPS) is 12.8. The van der Waals surface area contributed by atoms with E-state index in [1.165, 1.54) is 12.3 Å². The lowest BCUT2D eigenvalue weighted by atomic mass is 10.2. The van der Waals surface area contributed by atoms with Gasteiger partial charge in [0.25, 0.3) is 0 Å². The summed E-state index contributed by atoms with van der Waals surface area (Å²) in [6, 6.07) is 1.83. The van der Waals surface area contributed by atoms with E-state index >= 15 is 0 Å². The van der Waals surface area contributed by atoms with Gasteiger partial charge in [-0.1, -0.05) is 0 Å².